The Bertz CT molecular complexity index is 1230. The van der Waals surface area contributed by atoms with Crippen LogP contribution in [0.5, 0.6) is 0 Å². The van der Waals surface area contributed by atoms with Crippen LogP contribution in [0.25, 0.3) is 0 Å². The van der Waals surface area contributed by atoms with Crippen molar-refractivity contribution in [3.63, 3.8) is 0 Å². The van der Waals surface area contributed by atoms with Crippen LogP contribution in [0, 0.1) is 0 Å². The predicted octanol–water partition coefficient (Wildman–Crippen LogP) is 14.4. The third-order valence-corrected chi connectivity index (χ3v) is 8.93. The zero-order valence-electron chi connectivity index (χ0n) is 36.3. The molecule has 320 valence electrons. The van der Waals surface area contributed by atoms with Crippen molar-refractivity contribution < 1.29 is 28.6 Å². The van der Waals surface area contributed by atoms with Gasteiger partial charge in [0.1, 0.15) is 13.2 Å². The molecule has 0 bridgehead atoms. The second kappa shape index (κ2) is 44.8. The highest BCUT2D eigenvalue weighted by Crippen LogP contribution is 2.12. The number of carbonyl (C=O) groups excluding carboxylic acids is 3. The molecular formula is C51H80O6. The Morgan fingerprint density at radius 2 is 0.702 bits per heavy atom. The first-order chi connectivity index (χ1) is 28.0. The van der Waals surface area contributed by atoms with E-state index in [2.05, 4.69) is 57.2 Å². The number of esters is 3. The minimum Gasteiger partial charge on any atom is -0.462 e. The molecule has 0 heterocycles. The number of ether oxygens (including phenoxy) is 3. The fourth-order valence-electron chi connectivity index (χ4n) is 5.50. The van der Waals surface area contributed by atoms with Crippen molar-refractivity contribution >= 4 is 17.9 Å². The van der Waals surface area contributed by atoms with Crippen molar-refractivity contribution in [3.8, 4) is 0 Å². The van der Waals surface area contributed by atoms with Crippen LogP contribution >= 0.6 is 0 Å². The molecule has 6 nitrogen and oxygen atoms in total. The van der Waals surface area contributed by atoms with Gasteiger partial charge in [0, 0.05) is 19.3 Å². The molecule has 1 atom stereocenters. The number of hydrogen-bond donors (Lipinski definition) is 0. The number of hydrogen-bond acceptors (Lipinski definition) is 6. The molecule has 0 spiro atoms. The van der Waals surface area contributed by atoms with Crippen LogP contribution in [-0.4, -0.2) is 37.2 Å². The van der Waals surface area contributed by atoms with Gasteiger partial charge in [0.05, 0.1) is 0 Å². The summed E-state index contributed by atoms with van der Waals surface area (Å²) in [7, 11) is 0. The van der Waals surface area contributed by atoms with Crippen molar-refractivity contribution in [1.29, 1.82) is 0 Å². The van der Waals surface area contributed by atoms with Gasteiger partial charge in [-0.2, -0.15) is 0 Å². The van der Waals surface area contributed by atoms with Gasteiger partial charge in [0.25, 0.3) is 0 Å². The summed E-state index contributed by atoms with van der Waals surface area (Å²) in [6.07, 6.45) is 59.3. The first-order valence-corrected chi connectivity index (χ1v) is 22.5. The summed E-state index contributed by atoms with van der Waals surface area (Å²) in [5.74, 6) is -0.994. The Labute approximate surface area is 349 Å². The summed E-state index contributed by atoms with van der Waals surface area (Å²) >= 11 is 0. The Morgan fingerprint density at radius 3 is 1.12 bits per heavy atom. The molecule has 0 aliphatic heterocycles. The smallest absolute Gasteiger partial charge is 0.306 e. The summed E-state index contributed by atoms with van der Waals surface area (Å²) in [5, 5.41) is 0. The van der Waals surface area contributed by atoms with Crippen molar-refractivity contribution in [1.82, 2.24) is 0 Å². The van der Waals surface area contributed by atoms with Crippen molar-refractivity contribution in [2.45, 2.75) is 181 Å². The van der Waals surface area contributed by atoms with Gasteiger partial charge in [0.15, 0.2) is 6.10 Å². The molecule has 57 heavy (non-hydrogen) atoms. The number of unbranched alkanes of at least 4 members (excludes halogenated alkanes) is 15. The van der Waals surface area contributed by atoms with Gasteiger partial charge in [-0.25, -0.2) is 0 Å². The van der Waals surface area contributed by atoms with Crippen molar-refractivity contribution in [2.24, 2.45) is 0 Å². The lowest BCUT2D eigenvalue weighted by molar-refractivity contribution is -0.167. The summed E-state index contributed by atoms with van der Waals surface area (Å²) in [4.78, 5) is 37.7. The predicted molar refractivity (Wildman–Crippen MR) is 242 cm³/mol. The van der Waals surface area contributed by atoms with Crippen LogP contribution in [0.15, 0.2) is 109 Å². The zero-order chi connectivity index (χ0) is 41.5. The van der Waals surface area contributed by atoms with Crippen LogP contribution in [-0.2, 0) is 28.6 Å². The first-order valence-electron chi connectivity index (χ1n) is 22.5. The average Bonchev–Trinajstić information content (AvgIpc) is 3.21. The minimum absolute atomic E-state index is 0.107. The van der Waals surface area contributed by atoms with Gasteiger partial charge in [-0.1, -0.05) is 188 Å². The second-order valence-corrected chi connectivity index (χ2v) is 14.4. The first kappa shape index (κ1) is 53.1. The van der Waals surface area contributed by atoms with E-state index in [0.29, 0.717) is 19.3 Å². The Kier molecular flexibility index (Phi) is 41.7. The maximum absolute atomic E-state index is 12.7. The van der Waals surface area contributed by atoms with Crippen molar-refractivity contribution in [3.05, 3.63) is 109 Å². The molecular weight excluding hydrogens is 709 g/mol. The summed E-state index contributed by atoms with van der Waals surface area (Å²) in [6, 6.07) is 0. The van der Waals surface area contributed by atoms with E-state index in [1.54, 1.807) is 0 Å². The van der Waals surface area contributed by atoms with E-state index < -0.39 is 6.10 Å². The third kappa shape index (κ3) is 43.0. The molecule has 0 saturated carbocycles. The maximum Gasteiger partial charge on any atom is 0.306 e. The van der Waals surface area contributed by atoms with Gasteiger partial charge in [-0.05, 0) is 77.0 Å². The molecule has 6 heteroatoms. The lowest BCUT2D eigenvalue weighted by Gasteiger charge is -2.18. The molecule has 0 rings (SSSR count). The van der Waals surface area contributed by atoms with Crippen molar-refractivity contribution in [2.75, 3.05) is 13.2 Å². The Hall–Kier alpha value is -3.93. The molecule has 0 aromatic heterocycles. The van der Waals surface area contributed by atoms with E-state index in [9.17, 15) is 14.4 Å². The van der Waals surface area contributed by atoms with Gasteiger partial charge in [-0.3, -0.25) is 14.4 Å². The zero-order valence-corrected chi connectivity index (χ0v) is 36.3. The molecule has 0 aromatic rings. The molecule has 0 aliphatic rings. The summed E-state index contributed by atoms with van der Waals surface area (Å²) in [6.45, 7) is 6.30. The molecule has 0 aliphatic carbocycles. The van der Waals surface area contributed by atoms with E-state index in [1.807, 2.05) is 72.9 Å². The topological polar surface area (TPSA) is 78.9 Å². The third-order valence-electron chi connectivity index (χ3n) is 8.93. The highest BCUT2D eigenvalue weighted by molar-refractivity contribution is 5.71. The fraction of sp³-hybridized carbons (Fsp3) is 0.588. The Balaban J connectivity index is 4.50. The molecule has 0 radical (unpaired) electrons. The number of rotatable bonds is 38. The van der Waals surface area contributed by atoms with Gasteiger partial charge in [-0.15, -0.1) is 0 Å². The number of allylic oxidation sites excluding steroid dienone is 18. The molecule has 0 saturated heterocycles. The minimum atomic E-state index is -0.806. The van der Waals surface area contributed by atoms with Crippen LogP contribution in [0.2, 0.25) is 0 Å². The Morgan fingerprint density at radius 1 is 0.368 bits per heavy atom. The second-order valence-electron chi connectivity index (χ2n) is 14.4. The normalized spacial score (nSPS) is 13.1. The SMILES string of the molecule is CC\C=C/C=C\C=C/C=C\C=C\C=C/C=C\CCCCCC(=O)OCC(COC(=O)CCCCCC/C=C\CCCC)OC(=O)CCCCCC/C=C\CCCC. The largest absolute Gasteiger partial charge is 0.462 e. The fourth-order valence-corrected chi connectivity index (χ4v) is 5.50. The molecule has 0 aromatic carbocycles. The standard InChI is InChI=1S/C51H80O6/c1-4-7-10-13-16-19-22-23-24-25-26-27-28-29-30-33-35-38-41-44-50(53)56-47-48(57-51(54)45-42-39-36-32-21-18-15-12-9-6-3)46-55-49(52)43-40-37-34-31-20-17-14-11-8-5-2/h7,10,13-19,22-30,48H,4-6,8-9,11-12,20-21,31-47H2,1-3H3/b10-7-,16-13-,17-14-,18-15-,22-19-,24-23-,26-25+,28-27-,30-29-. The summed E-state index contributed by atoms with van der Waals surface area (Å²) < 4.78 is 16.6. The monoisotopic (exact) mass is 789 g/mol. The van der Waals surface area contributed by atoms with Crippen LogP contribution < -0.4 is 0 Å². The van der Waals surface area contributed by atoms with E-state index >= 15 is 0 Å². The van der Waals surface area contributed by atoms with E-state index in [-0.39, 0.29) is 31.1 Å². The van der Waals surface area contributed by atoms with Gasteiger partial charge >= 0.3 is 17.9 Å². The van der Waals surface area contributed by atoms with Gasteiger partial charge in [0.2, 0.25) is 0 Å². The quantitative estimate of drug-likeness (QED) is 0.0204. The van der Waals surface area contributed by atoms with Crippen LogP contribution in [0.1, 0.15) is 175 Å². The maximum atomic E-state index is 12.7. The highest BCUT2D eigenvalue weighted by Gasteiger charge is 2.19. The average molecular weight is 789 g/mol. The molecule has 0 amide bonds. The molecule has 0 fully saturated rings. The van der Waals surface area contributed by atoms with Crippen LogP contribution in [0.4, 0.5) is 0 Å². The molecule has 1 unspecified atom stereocenters. The summed E-state index contributed by atoms with van der Waals surface area (Å²) in [5.41, 5.74) is 0. The molecule has 0 N–H and O–H groups in total. The highest BCUT2D eigenvalue weighted by atomic mass is 16.6. The number of carbonyl (C=O) groups is 3. The van der Waals surface area contributed by atoms with Crippen LogP contribution in [0.3, 0.4) is 0 Å². The van der Waals surface area contributed by atoms with E-state index in [1.165, 1.54) is 25.7 Å². The lowest BCUT2D eigenvalue weighted by Crippen LogP contribution is -2.30. The van der Waals surface area contributed by atoms with Gasteiger partial charge < -0.3 is 14.2 Å². The van der Waals surface area contributed by atoms with E-state index in [4.69, 9.17) is 14.2 Å². The van der Waals surface area contributed by atoms with E-state index in [0.717, 1.165) is 109 Å². The lowest BCUT2D eigenvalue weighted by atomic mass is 10.1.